The van der Waals surface area contributed by atoms with Crippen LogP contribution in [0, 0.1) is 0 Å². The molecule has 0 aliphatic carbocycles. The summed E-state index contributed by atoms with van der Waals surface area (Å²) in [6.07, 6.45) is 2.33. The van der Waals surface area contributed by atoms with E-state index in [9.17, 15) is 9.59 Å². The van der Waals surface area contributed by atoms with Gasteiger partial charge in [0.05, 0.1) is 6.04 Å². The molecule has 1 aliphatic heterocycles. The van der Waals surface area contributed by atoms with Crippen molar-refractivity contribution in [2.45, 2.75) is 45.1 Å². The van der Waals surface area contributed by atoms with E-state index >= 15 is 0 Å². The van der Waals surface area contributed by atoms with E-state index in [0.29, 0.717) is 12.1 Å². The lowest BCUT2D eigenvalue weighted by molar-refractivity contribution is 0.0934. The maximum absolute atomic E-state index is 12.9. The van der Waals surface area contributed by atoms with Gasteiger partial charge in [0.25, 0.3) is 5.91 Å². The second-order valence-electron chi connectivity index (χ2n) is 9.33. The summed E-state index contributed by atoms with van der Waals surface area (Å²) < 4.78 is 5.32. The van der Waals surface area contributed by atoms with E-state index in [1.807, 2.05) is 12.1 Å². The van der Waals surface area contributed by atoms with Crippen LogP contribution in [0.5, 0.6) is 0 Å². The largest absolute Gasteiger partial charge is 0.422 e. The zero-order chi connectivity index (χ0) is 22.0. The molecule has 5 nitrogen and oxygen atoms in total. The lowest BCUT2D eigenvalue weighted by Crippen LogP contribution is -2.38. The Kier molecular flexibility index (Phi) is 5.96. The molecule has 0 unspecified atom stereocenters. The fourth-order valence-corrected chi connectivity index (χ4v) is 4.22. The Labute approximate surface area is 183 Å². The van der Waals surface area contributed by atoms with Crippen LogP contribution in [0.2, 0.25) is 0 Å². The van der Waals surface area contributed by atoms with E-state index in [4.69, 9.17) is 4.42 Å². The van der Waals surface area contributed by atoms with E-state index in [1.54, 1.807) is 18.2 Å². The summed E-state index contributed by atoms with van der Waals surface area (Å²) in [4.78, 5) is 27.6. The first-order valence-electron chi connectivity index (χ1n) is 11.0. The fourth-order valence-electron chi connectivity index (χ4n) is 4.22. The van der Waals surface area contributed by atoms with Gasteiger partial charge >= 0.3 is 5.63 Å². The molecule has 1 fully saturated rings. The van der Waals surface area contributed by atoms with Gasteiger partial charge in [0.15, 0.2) is 0 Å². The Morgan fingerprint density at radius 2 is 1.74 bits per heavy atom. The molecule has 2 aromatic carbocycles. The number of hydrogen-bond donors (Lipinski definition) is 1. The summed E-state index contributed by atoms with van der Waals surface area (Å²) in [7, 11) is 0. The summed E-state index contributed by atoms with van der Waals surface area (Å²) in [5, 5.41) is 3.72. The summed E-state index contributed by atoms with van der Waals surface area (Å²) in [5.74, 6) is -0.394. The number of benzene rings is 2. The molecule has 1 aliphatic rings. The van der Waals surface area contributed by atoms with Crippen LogP contribution in [-0.2, 0) is 5.41 Å². The van der Waals surface area contributed by atoms with Crippen molar-refractivity contribution in [1.29, 1.82) is 0 Å². The number of nitrogens with zero attached hydrogens (tertiary/aromatic N) is 1. The van der Waals surface area contributed by atoms with Gasteiger partial charge in [-0.1, -0.05) is 63.2 Å². The molecule has 0 saturated carbocycles. The molecule has 1 amide bonds. The molecule has 0 bridgehead atoms. The van der Waals surface area contributed by atoms with Gasteiger partial charge < -0.3 is 9.73 Å². The first-order chi connectivity index (χ1) is 14.8. The molecular weight excluding hydrogens is 388 g/mol. The number of para-hydroxylation sites is 1. The minimum absolute atomic E-state index is 0.0435. The molecule has 4 rings (SSSR count). The van der Waals surface area contributed by atoms with Crippen molar-refractivity contribution in [3.05, 3.63) is 81.7 Å². The molecule has 0 spiro atoms. The highest BCUT2D eigenvalue weighted by molar-refractivity contribution is 5.96. The molecule has 31 heavy (non-hydrogen) atoms. The van der Waals surface area contributed by atoms with Gasteiger partial charge in [-0.3, -0.25) is 9.69 Å². The smallest absolute Gasteiger partial charge is 0.349 e. The Hall–Kier alpha value is -2.92. The number of amides is 1. The van der Waals surface area contributed by atoms with E-state index in [1.165, 1.54) is 24.0 Å². The van der Waals surface area contributed by atoms with Crippen LogP contribution in [0.1, 0.15) is 61.1 Å². The number of hydrogen-bond acceptors (Lipinski definition) is 4. The van der Waals surface area contributed by atoms with Crippen LogP contribution >= 0.6 is 0 Å². The maximum Gasteiger partial charge on any atom is 0.349 e. The van der Waals surface area contributed by atoms with Crippen LogP contribution in [0.4, 0.5) is 0 Å². The second kappa shape index (κ2) is 8.67. The predicted octanol–water partition coefficient (Wildman–Crippen LogP) is 4.66. The second-order valence-corrected chi connectivity index (χ2v) is 9.33. The lowest BCUT2D eigenvalue weighted by Gasteiger charge is -2.29. The Morgan fingerprint density at radius 1 is 1.06 bits per heavy atom. The van der Waals surface area contributed by atoms with Gasteiger partial charge in [0.1, 0.15) is 11.1 Å². The van der Waals surface area contributed by atoms with Gasteiger partial charge in [0, 0.05) is 11.9 Å². The Morgan fingerprint density at radius 3 is 2.42 bits per heavy atom. The van der Waals surface area contributed by atoms with Crippen molar-refractivity contribution in [3.8, 4) is 0 Å². The Bertz CT molecular complexity index is 1120. The van der Waals surface area contributed by atoms with Gasteiger partial charge in [-0.15, -0.1) is 0 Å². The average molecular weight is 419 g/mol. The third kappa shape index (κ3) is 4.72. The molecule has 3 aromatic rings. The molecule has 1 aromatic heterocycles. The first-order valence-corrected chi connectivity index (χ1v) is 11.0. The quantitative estimate of drug-likeness (QED) is 0.612. The SMILES string of the molecule is CC(C)(C)c1ccc([C@H](CNC(=O)c2cc3ccccc3oc2=O)N2CCCC2)cc1. The predicted molar refractivity (Wildman–Crippen MR) is 124 cm³/mol. The molecule has 1 atom stereocenters. The molecule has 162 valence electrons. The first kappa shape index (κ1) is 21.3. The van der Waals surface area contributed by atoms with Crippen molar-refractivity contribution >= 4 is 16.9 Å². The molecule has 1 N–H and O–H groups in total. The number of fused-ring (bicyclic) bond motifs is 1. The minimum atomic E-state index is -0.608. The van der Waals surface area contributed by atoms with E-state index < -0.39 is 11.5 Å². The summed E-state index contributed by atoms with van der Waals surface area (Å²) >= 11 is 0. The van der Waals surface area contributed by atoms with Crippen LogP contribution in [0.25, 0.3) is 11.0 Å². The van der Waals surface area contributed by atoms with Crippen LogP contribution in [0.3, 0.4) is 0 Å². The van der Waals surface area contributed by atoms with Gasteiger partial charge in [-0.2, -0.15) is 0 Å². The van der Waals surface area contributed by atoms with Crippen molar-refractivity contribution in [2.24, 2.45) is 0 Å². The van der Waals surface area contributed by atoms with Crippen molar-refractivity contribution in [3.63, 3.8) is 0 Å². The van der Waals surface area contributed by atoms with Crippen LogP contribution < -0.4 is 10.9 Å². The average Bonchev–Trinajstić information content (AvgIpc) is 3.27. The topological polar surface area (TPSA) is 62.6 Å². The van der Waals surface area contributed by atoms with E-state index in [0.717, 1.165) is 18.5 Å². The van der Waals surface area contributed by atoms with Crippen molar-refractivity contribution in [1.82, 2.24) is 10.2 Å². The highest BCUT2D eigenvalue weighted by Crippen LogP contribution is 2.28. The van der Waals surface area contributed by atoms with Gasteiger partial charge in [-0.25, -0.2) is 4.79 Å². The Balaban J connectivity index is 1.55. The van der Waals surface area contributed by atoms with E-state index in [2.05, 4.69) is 55.3 Å². The van der Waals surface area contributed by atoms with E-state index in [-0.39, 0.29) is 17.0 Å². The highest BCUT2D eigenvalue weighted by Gasteiger charge is 2.25. The third-order valence-corrected chi connectivity index (χ3v) is 6.08. The van der Waals surface area contributed by atoms with Gasteiger partial charge in [-0.05, 0) is 54.6 Å². The normalized spacial score (nSPS) is 15.8. The number of carbonyl (C=O) groups is 1. The lowest BCUT2D eigenvalue weighted by atomic mass is 9.86. The zero-order valence-corrected chi connectivity index (χ0v) is 18.5. The molecule has 5 heteroatoms. The summed E-state index contributed by atoms with van der Waals surface area (Å²) in [6, 6.07) is 17.6. The van der Waals surface area contributed by atoms with Crippen molar-refractivity contribution in [2.75, 3.05) is 19.6 Å². The number of carbonyl (C=O) groups excluding carboxylic acids is 1. The third-order valence-electron chi connectivity index (χ3n) is 6.08. The van der Waals surface area contributed by atoms with Crippen molar-refractivity contribution < 1.29 is 9.21 Å². The highest BCUT2D eigenvalue weighted by atomic mass is 16.4. The number of likely N-dealkylation sites (tertiary alicyclic amines) is 1. The molecule has 1 saturated heterocycles. The monoisotopic (exact) mass is 418 g/mol. The summed E-state index contributed by atoms with van der Waals surface area (Å²) in [6.45, 7) is 9.08. The van der Waals surface area contributed by atoms with Crippen LogP contribution in [0.15, 0.2) is 63.8 Å². The molecule has 0 radical (unpaired) electrons. The molecular formula is C26H30N2O3. The number of nitrogens with one attached hydrogen (secondary N) is 1. The minimum Gasteiger partial charge on any atom is -0.422 e. The zero-order valence-electron chi connectivity index (χ0n) is 18.5. The number of rotatable bonds is 5. The molecule has 2 heterocycles. The maximum atomic E-state index is 12.9. The standard InChI is InChI=1S/C26H30N2O3/c1-26(2,3)20-12-10-18(11-13-20)22(28-14-6-7-15-28)17-27-24(29)21-16-19-8-4-5-9-23(19)31-25(21)30/h4-5,8-13,16,22H,6-7,14-15,17H2,1-3H3,(H,27,29)/t22-/m0/s1. The van der Waals surface area contributed by atoms with Gasteiger partial charge in [0.2, 0.25) is 0 Å². The fraction of sp³-hybridized carbons (Fsp3) is 0.385. The van der Waals surface area contributed by atoms with Crippen LogP contribution in [-0.4, -0.2) is 30.4 Å². The summed E-state index contributed by atoms with van der Waals surface area (Å²) in [5.41, 5.74) is 2.48.